The number of hydrogen-bond acceptors (Lipinski definition) is 4. The van der Waals surface area contributed by atoms with Crippen LogP contribution in [-0.4, -0.2) is 45.5 Å². The summed E-state index contributed by atoms with van der Waals surface area (Å²) in [5, 5.41) is 4.05. The molecule has 4 rings (SSSR count). The summed E-state index contributed by atoms with van der Waals surface area (Å²) in [4.78, 5) is 41.0. The third kappa shape index (κ3) is 3.07. The molecule has 2 aliphatic heterocycles. The van der Waals surface area contributed by atoms with Crippen LogP contribution in [0, 0.1) is 0 Å². The molecule has 7 nitrogen and oxygen atoms in total. The lowest BCUT2D eigenvalue weighted by molar-refractivity contribution is -0.132. The largest absolute Gasteiger partial charge is 0.343 e. The minimum atomic E-state index is -0.468. The van der Waals surface area contributed by atoms with Crippen molar-refractivity contribution in [1.82, 2.24) is 19.8 Å². The standard InChI is InChI=1S/C19H24N4O3/c1-22(14-10-12-6-7-13(11-14)20-12)17(24)8-9-23-16-5-3-2-4-15(16)18(25)21-19(23)26/h2-5,12-14,20H,6-11H2,1H3,(H,21,25,26). The van der Waals surface area contributed by atoms with Gasteiger partial charge < -0.3 is 10.2 Å². The van der Waals surface area contributed by atoms with Gasteiger partial charge in [0, 0.05) is 38.1 Å². The zero-order chi connectivity index (χ0) is 18.3. The second kappa shape index (κ2) is 6.72. The van der Waals surface area contributed by atoms with Gasteiger partial charge in [0.1, 0.15) is 0 Å². The van der Waals surface area contributed by atoms with Gasteiger partial charge in [-0.05, 0) is 37.8 Å². The van der Waals surface area contributed by atoms with Gasteiger partial charge >= 0.3 is 5.69 Å². The van der Waals surface area contributed by atoms with E-state index in [1.54, 1.807) is 24.3 Å². The van der Waals surface area contributed by atoms with Crippen LogP contribution in [0.25, 0.3) is 10.9 Å². The number of H-pyrrole nitrogens is 1. The number of aromatic nitrogens is 2. The molecular formula is C19H24N4O3. The average Bonchev–Trinajstić information content (AvgIpc) is 2.98. The molecule has 138 valence electrons. The monoisotopic (exact) mass is 356 g/mol. The Hall–Kier alpha value is -2.41. The van der Waals surface area contributed by atoms with E-state index < -0.39 is 11.2 Å². The second-order valence-corrected chi connectivity index (χ2v) is 7.45. The van der Waals surface area contributed by atoms with Crippen molar-refractivity contribution >= 4 is 16.8 Å². The highest BCUT2D eigenvalue weighted by molar-refractivity contribution is 5.79. The van der Waals surface area contributed by atoms with Crippen LogP contribution in [-0.2, 0) is 11.3 Å². The van der Waals surface area contributed by atoms with Gasteiger partial charge in [-0.15, -0.1) is 0 Å². The zero-order valence-electron chi connectivity index (χ0n) is 14.9. The molecule has 3 heterocycles. The van der Waals surface area contributed by atoms with E-state index >= 15 is 0 Å². The summed E-state index contributed by atoms with van der Waals surface area (Å²) in [6, 6.07) is 8.30. The van der Waals surface area contributed by atoms with Gasteiger partial charge in [-0.25, -0.2) is 4.79 Å². The van der Waals surface area contributed by atoms with Crippen molar-refractivity contribution in [3.8, 4) is 0 Å². The summed E-state index contributed by atoms with van der Waals surface area (Å²) in [6.07, 6.45) is 4.64. The Morgan fingerprint density at radius 2 is 1.88 bits per heavy atom. The van der Waals surface area contributed by atoms with Crippen molar-refractivity contribution in [2.45, 2.75) is 56.8 Å². The molecule has 2 aromatic rings. The van der Waals surface area contributed by atoms with E-state index in [-0.39, 0.29) is 24.9 Å². The first-order valence-electron chi connectivity index (χ1n) is 9.26. The highest BCUT2D eigenvalue weighted by Gasteiger charge is 2.36. The topological polar surface area (TPSA) is 87.2 Å². The molecule has 2 fully saturated rings. The van der Waals surface area contributed by atoms with E-state index in [4.69, 9.17) is 0 Å². The number of piperidine rings is 1. The van der Waals surface area contributed by atoms with Crippen molar-refractivity contribution in [2.75, 3.05) is 7.05 Å². The Bertz CT molecular complexity index is 936. The Labute approximate surface area is 151 Å². The highest BCUT2D eigenvalue weighted by atomic mass is 16.2. The van der Waals surface area contributed by atoms with Crippen LogP contribution in [0.2, 0.25) is 0 Å². The van der Waals surface area contributed by atoms with Gasteiger partial charge in [0.05, 0.1) is 10.9 Å². The first-order chi connectivity index (χ1) is 12.5. The number of para-hydroxylation sites is 1. The summed E-state index contributed by atoms with van der Waals surface area (Å²) in [6.45, 7) is 0.261. The first kappa shape index (κ1) is 17.0. The second-order valence-electron chi connectivity index (χ2n) is 7.45. The van der Waals surface area contributed by atoms with Gasteiger partial charge in [-0.1, -0.05) is 12.1 Å². The number of nitrogens with one attached hydrogen (secondary N) is 2. The fourth-order valence-corrected chi connectivity index (χ4v) is 4.40. The van der Waals surface area contributed by atoms with Crippen molar-refractivity contribution in [3.63, 3.8) is 0 Å². The van der Waals surface area contributed by atoms with Crippen LogP contribution in [0.5, 0.6) is 0 Å². The third-order valence-electron chi connectivity index (χ3n) is 5.84. The molecule has 1 aromatic carbocycles. The van der Waals surface area contributed by atoms with E-state index in [1.165, 1.54) is 17.4 Å². The van der Waals surface area contributed by atoms with E-state index in [0.29, 0.717) is 23.0 Å². The van der Waals surface area contributed by atoms with Crippen molar-refractivity contribution in [1.29, 1.82) is 0 Å². The molecule has 7 heteroatoms. The van der Waals surface area contributed by atoms with Crippen LogP contribution in [0.3, 0.4) is 0 Å². The number of amides is 1. The number of nitrogens with zero attached hydrogens (tertiary/aromatic N) is 2. The molecule has 1 aromatic heterocycles. The summed E-state index contributed by atoms with van der Waals surface area (Å²) in [5.74, 6) is 0.0403. The van der Waals surface area contributed by atoms with Gasteiger partial charge in [0.25, 0.3) is 5.56 Å². The molecule has 26 heavy (non-hydrogen) atoms. The molecule has 2 unspecified atom stereocenters. The smallest absolute Gasteiger partial charge is 0.328 e. The third-order valence-corrected chi connectivity index (χ3v) is 5.84. The molecule has 1 amide bonds. The quantitative estimate of drug-likeness (QED) is 0.849. The molecule has 2 bridgehead atoms. The van der Waals surface area contributed by atoms with Crippen molar-refractivity contribution < 1.29 is 4.79 Å². The minimum absolute atomic E-state index is 0.0403. The molecule has 2 aliphatic rings. The Kier molecular flexibility index (Phi) is 4.40. The highest BCUT2D eigenvalue weighted by Crippen LogP contribution is 2.29. The molecule has 0 spiro atoms. The fourth-order valence-electron chi connectivity index (χ4n) is 4.40. The number of carbonyl (C=O) groups is 1. The van der Waals surface area contributed by atoms with E-state index in [1.807, 2.05) is 11.9 Å². The predicted octanol–water partition coefficient (Wildman–Crippen LogP) is 0.821. The lowest BCUT2D eigenvalue weighted by Gasteiger charge is -2.35. The molecule has 0 saturated carbocycles. The maximum atomic E-state index is 12.7. The number of hydrogen-bond donors (Lipinski definition) is 2. The van der Waals surface area contributed by atoms with Gasteiger partial charge in [0.2, 0.25) is 5.91 Å². The van der Waals surface area contributed by atoms with E-state index in [0.717, 1.165) is 12.8 Å². The van der Waals surface area contributed by atoms with Crippen LogP contribution in [0.15, 0.2) is 33.9 Å². The van der Waals surface area contributed by atoms with Gasteiger partial charge in [-0.2, -0.15) is 0 Å². The van der Waals surface area contributed by atoms with Gasteiger partial charge in [-0.3, -0.25) is 19.1 Å². The normalized spacial score (nSPS) is 24.7. The lowest BCUT2D eigenvalue weighted by atomic mass is 9.98. The molecule has 2 N–H and O–H groups in total. The lowest BCUT2D eigenvalue weighted by Crippen LogP contribution is -2.49. The van der Waals surface area contributed by atoms with Crippen LogP contribution < -0.4 is 16.6 Å². The summed E-state index contributed by atoms with van der Waals surface area (Å²) < 4.78 is 1.48. The predicted molar refractivity (Wildman–Crippen MR) is 99.2 cm³/mol. The summed E-state index contributed by atoms with van der Waals surface area (Å²) in [5.41, 5.74) is -0.295. The zero-order valence-corrected chi connectivity index (χ0v) is 14.9. The molecule has 0 radical (unpaired) electrons. The van der Waals surface area contributed by atoms with Gasteiger partial charge in [0.15, 0.2) is 0 Å². The Morgan fingerprint density at radius 1 is 1.19 bits per heavy atom. The Balaban J connectivity index is 1.49. The molecule has 0 aliphatic carbocycles. The van der Waals surface area contributed by atoms with Crippen LogP contribution >= 0.6 is 0 Å². The minimum Gasteiger partial charge on any atom is -0.343 e. The van der Waals surface area contributed by atoms with Crippen molar-refractivity contribution in [2.24, 2.45) is 0 Å². The molecular weight excluding hydrogens is 332 g/mol. The maximum Gasteiger partial charge on any atom is 0.328 e. The number of aryl methyl sites for hydroxylation is 1. The van der Waals surface area contributed by atoms with Crippen molar-refractivity contribution in [3.05, 3.63) is 45.1 Å². The summed E-state index contributed by atoms with van der Waals surface area (Å²) in [7, 11) is 1.87. The number of rotatable bonds is 4. The SMILES string of the molecule is CN(C(=O)CCn1c(=O)[nH]c(=O)c2ccccc21)C1CC2CCC(C1)N2. The first-order valence-corrected chi connectivity index (χ1v) is 9.26. The fraction of sp³-hybridized carbons (Fsp3) is 0.526. The number of aromatic amines is 1. The molecule has 2 atom stereocenters. The van der Waals surface area contributed by atoms with Crippen LogP contribution in [0.1, 0.15) is 32.1 Å². The molecule has 2 saturated heterocycles. The van der Waals surface area contributed by atoms with E-state index in [2.05, 4.69) is 10.3 Å². The maximum absolute atomic E-state index is 12.7. The number of benzene rings is 1. The van der Waals surface area contributed by atoms with Crippen LogP contribution in [0.4, 0.5) is 0 Å². The van der Waals surface area contributed by atoms with E-state index in [9.17, 15) is 14.4 Å². The Morgan fingerprint density at radius 3 is 2.62 bits per heavy atom. The number of fused-ring (bicyclic) bond motifs is 3. The summed E-state index contributed by atoms with van der Waals surface area (Å²) >= 11 is 0. The number of carbonyl (C=O) groups excluding carboxylic acids is 1. The average molecular weight is 356 g/mol.